The van der Waals surface area contributed by atoms with Gasteiger partial charge in [-0.1, -0.05) is 30.0 Å². The summed E-state index contributed by atoms with van der Waals surface area (Å²) in [4.78, 5) is 16.8. The summed E-state index contributed by atoms with van der Waals surface area (Å²) in [5, 5.41) is 15.0. The second kappa shape index (κ2) is 8.29. The topological polar surface area (TPSA) is 72.2 Å². The number of anilines is 1. The van der Waals surface area contributed by atoms with Gasteiger partial charge in [-0.15, -0.1) is 21.5 Å². The van der Waals surface area contributed by atoms with Gasteiger partial charge < -0.3 is 5.32 Å². The van der Waals surface area contributed by atoms with Crippen LogP contribution in [0.4, 0.5) is 13.9 Å². The van der Waals surface area contributed by atoms with Gasteiger partial charge in [0, 0.05) is 16.3 Å². The van der Waals surface area contributed by atoms with Crippen LogP contribution >= 0.6 is 23.1 Å². The first kappa shape index (κ1) is 20.5. The van der Waals surface area contributed by atoms with Crippen molar-refractivity contribution < 1.29 is 13.6 Å². The predicted octanol–water partition coefficient (Wildman–Crippen LogP) is 5.32. The van der Waals surface area contributed by atoms with Gasteiger partial charge in [-0.3, -0.25) is 9.20 Å². The van der Waals surface area contributed by atoms with Crippen molar-refractivity contribution in [3.8, 4) is 11.3 Å². The van der Waals surface area contributed by atoms with Crippen molar-refractivity contribution in [1.82, 2.24) is 19.6 Å². The Balaban J connectivity index is 1.31. The molecule has 0 aliphatic carbocycles. The molecule has 0 atom stereocenters. The minimum Gasteiger partial charge on any atom is -0.301 e. The van der Waals surface area contributed by atoms with E-state index < -0.39 is 11.6 Å². The van der Waals surface area contributed by atoms with E-state index in [9.17, 15) is 13.6 Å². The van der Waals surface area contributed by atoms with Crippen molar-refractivity contribution in [2.45, 2.75) is 12.1 Å². The molecule has 0 saturated heterocycles. The van der Waals surface area contributed by atoms with Gasteiger partial charge in [0.15, 0.2) is 27.6 Å². The molecule has 0 aliphatic rings. The normalized spacial score (nSPS) is 11.3. The number of hydrogen-bond acceptors (Lipinski definition) is 6. The molecule has 0 fully saturated rings. The molecular weight excluding hydrogens is 452 g/mol. The lowest BCUT2D eigenvalue weighted by Crippen LogP contribution is -2.14. The number of halogens is 2. The van der Waals surface area contributed by atoms with Crippen molar-refractivity contribution in [1.29, 1.82) is 0 Å². The van der Waals surface area contributed by atoms with Crippen LogP contribution < -0.4 is 5.32 Å². The molecule has 3 heterocycles. The highest BCUT2D eigenvalue weighted by atomic mass is 32.2. The number of aryl methyl sites for hydroxylation is 1. The van der Waals surface area contributed by atoms with Crippen molar-refractivity contribution in [3.05, 3.63) is 71.1 Å². The number of nitrogens with one attached hydrogen (secondary N) is 1. The fourth-order valence-electron chi connectivity index (χ4n) is 3.37. The maximum absolute atomic E-state index is 13.5. The molecular formula is C22H15F2N5OS2. The summed E-state index contributed by atoms with van der Waals surface area (Å²) in [6, 6.07) is 13.5. The Hall–Kier alpha value is -3.37. The van der Waals surface area contributed by atoms with Crippen LogP contribution in [-0.2, 0) is 4.79 Å². The smallest absolute Gasteiger partial charge is 0.236 e. The zero-order chi connectivity index (χ0) is 22.2. The second-order valence-electron chi connectivity index (χ2n) is 7.02. The van der Waals surface area contributed by atoms with E-state index in [1.165, 1.54) is 29.2 Å². The first-order valence-electron chi connectivity index (χ1n) is 9.56. The summed E-state index contributed by atoms with van der Waals surface area (Å²) in [5.74, 6) is -2.00. The number of carbonyl (C=O) groups is 1. The van der Waals surface area contributed by atoms with Crippen LogP contribution in [0.1, 0.15) is 5.56 Å². The monoisotopic (exact) mass is 467 g/mol. The second-order valence-corrected chi connectivity index (χ2v) is 8.82. The lowest BCUT2D eigenvalue weighted by atomic mass is 10.1. The van der Waals surface area contributed by atoms with E-state index in [-0.39, 0.29) is 11.7 Å². The van der Waals surface area contributed by atoms with Crippen LogP contribution in [0.5, 0.6) is 0 Å². The molecule has 0 spiro atoms. The number of pyridine rings is 1. The number of hydrogen-bond donors (Lipinski definition) is 1. The Kier molecular flexibility index (Phi) is 5.32. The summed E-state index contributed by atoms with van der Waals surface area (Å²) >= 11 is 2.48. The molecule has 10 heteroatoms. The zero-order valence-electron chi connectivity index (χ0n) is 16.7. The molecule has 5 aromatic rings. The van der Waals surface area contributed by atoms with Crippen LogP contribution in [0, 0.1) is 18.6 Å². The number of fused-ring (bicyclic) bond motifs is 3. The molecule has 0 bridgehead atoms. The van der Waals surface area contributed by atoms with E-state index in [1.54, 1.807) is 5.38 Å². The number of carbonyl (C=O) groups excluding carboxylic acids is 1. The quantitative estimate of drug-likeness (QED) is 0.354. The lowest BCUT2D eigenvalue weighted by Gasteiger charge is -2.07. The van der Waals surface area contributed by atoms with Gasteiger partial charge in [-0.2, -0.15) is 0 Å². The molecule has 0 aliphatic heterocycles. The first-order chi connectivity index (χ1) is 15.5. The Labute approximate surface area is 189 Å². The molecule has 32 heavy (non-hydrogen) atoms. The maximum atomic E-state index is 13.5. The van der Waals surface area contributed by atoms with Crippen LogP contribution in [0.25, 0.3) is 27.8 Å². The summed E-state index contributed by atoms with van der Waals surface area (Å²) in [5.41, 5.74) is 3.70. The Morgan fingerprint density at radius 1 is 1.12 bits per heavy atom. The van der Waals surface area contributed by atoms with E-state index in [0.717, 1.165) is 34.2 Å². The minimum atomic E-state index is -0.944. The first-order valence-corrected chi connectivity index (χ1v) is 11.4. The zero-order valence-corrected chi connectivity index (χ0v) is 18.3. The number of thiazole rings is 1. The lowest BCUT2D eigenvalue weighted by molar-refractivity contribution is -0.113. The summed E-state index contributed by atoms with van der Waals surface area (Å²) < 4.78 is 28.5. The SMILES string of the molecule is Cc1cc2nnc(SCC(=O)Nc3nc(-c4ccc(F)c(F)c4)cs3)n2c2ccccc12. The van der Waals surface area contributed by atoms with Gasteiger partial charge >= 0.3 is 0 Å². The Morgan fingerprint density at radius 2 is 1.97 bits per heavy atom. The molecule has 1 N–H and O–H groups in total. The summed E-state index contributed by atoms with van der Waals surface area (Å²) in [6.07, 6.45) is 0. The van der Waals surface area contributed by atoms with E-state index in [4.69, 9.17) is 0 Å². The van der Waals surface area contributed by atoms with E-state index >= 15 is 0 Å². The van der Waals surface area contributed by atoms with Crippen LogP contribution in [0.15, 0.2) is 59.1 Å². The van der Waals surface area contributed by atoms with Crippen LogP contribution in [0.2, 0.25) is 0 Å². The number of rotatable bonds is 5. The van der Waals surface area contributed by atoms with Crippen molar-refractivity contribution >= 4 is 50.7 Å². The van der Waals surface area contributed by atoms with Gasteiger partial charge in [0.05, 0.1) is 17.0 Å². The number of thioether (sulfide) groups is 1. The molecule has 2 aromatic carbocycles. The molecule has 1 amide bonds. The number of amides is 1. The van der Waals surface area contributed by atoms with E-state index in [1.807, 2.05) is 41.7 Å². The molecule has 0 radical (unpaired) electrons. The molecule has 0 unspecified atom stereocenters. The van der Waals surface area contributed by atoms with Gasteiger partial charge in [0.25, 0.3) is 0 Å². The number of aromatic nitrogens is 4. The fourth-order valence-corrected chi connectivity index (χ4v) is 4.86. The highest BCUT2D eigenvalue weighted by Crippen LogP contribution is 2.28. The third-order valence-electron chi connectivity index (χ3n) is 4.87. The predicted molar refractivity (Wildman–Crippen MR) is 122 cm³/mol. The Morgan fingerprint density at radius 3 is 2.81 bits per heavy atom. The van der Waals surface area contributed by atoms with E-state index in [0.29, 0.717) is 21.5 Å². The number of para-hydroxylation sites is 1. The average molecular weight is 468 g/mol. The minimum absolute atomic E-state index is 0.114. The van der Waals surface area contributed by atoms with Crippen LogP contribution in [-0.4, -0.2) is 31.2 Å². The molecule has 3 aromatic heterocycles. The van der Waals surface area contributed by atoms with Gasteiger partial charge in [-0.25, -0.2) is 13.8 Å². The maximum Gasteiger partial charge on any atom is 0.236 e. The summed E-state index contributed by atoms with van der Waals surface area (Å²) in [7, 11) is 0. The molecule has 6 nitrogen and oxygen atoms in total. The van der Waals surface area contributed by atoms with Gasteiger partial charge in [0.1, 0.15) is 0 Å². The fraction of sp³-hybridized carbons (Fsp3) is 0.0909. The van der Waals surface area contributed by atoms with Crippen molar-refractivity contribution in [2.75, 3.05) is 11.1 Å². The molecule has 160 valence electrons. The number of nitrogens with zero attached hydrogens (tertiary/aromatic N) is 4. The third-order valence-corrected chi connectivity index (χ3v) is 6.56. The molecule has 0 saturated carbocycles. The average Bonchev–Trinajstić information content (AvgIpc) is 3.41. The summed E-state index contributed by atoms with van der Waals surface area (Å²) in [6.45, 7) is 2.03. The van der Waals surface area contributed by atoms with Crippen molar-refractivity contribution in [2.24, 2.45) is 0 Å². The van der Waals surface area contributed by atoms with Crippen LogP contribution in [0.3, 0.4) is 0 Å². The van der Waals surface area contributed by atoms with Gasteiger partial charge in [-0.05, 0) is 42.8 Å². The van der Waals surface area contributed by atoms with Crippen molar-refractivity contribution in [3.63, 3.8) is 0 Å². The Bertz CT molecular complexity index is 1480. The number of benzene rings is 2. The van der Waals surface area contributed by atoms with E-state index in [2.05, 4.69) is 20.5 Å². The highest BCUT2D eigenvalue weighted by molar-refractivity contribution is 7.99. The standard InChI is InChI=1S/C22H15F2N5OS2/c1-12-8-19-27-28-22(29(19)18-5-3-2-4-14(12)18)32-11-20(30)26-21-25-17(10-31-21)13-6-7-15(23)16(24)9-13/h2-10H,11H2,1H3,(H,25,26,30). The largest absolute Gasteiger partial charge is 0.301 e. The highest BCUT2D eigenvalue weighted by Gasteiger charge is 2.14. The molecule has 5 rings (SSSR count). The third kappa shape index (κ3) is 3.82. The van der Waals surface area contributed by atoms with Gasteiger partial charge in [0.2, 0.25) is 5.91 Å².